The predicted molar refractivity (Wildman–Crippen MR) is 143 cm³/mol. The SMILES string of the molecule is COc1cc(CNC(=O)c2c(-c3ccccc3)c3cccnc3c(=O)n2CCC(C)CO)cc(OC)c1. The van der Waals surface area contributed by atoms with Gasteiger partial charge < -0.3 is 24.5 Å². The number of fused-ring (bicyclic) bond motifs is 1. The van der Waals surface area contributed by atoms with Crippen molar-refractivity contribution in [2.45, 2.75) is 26.4 Å². The van der Waals surface area contributed by atoms with E-state index in [0.717, 1.165) is 11.1 Å². The van der Waals surface area contributed by atoms with Gasteiger partial charge in [0, 0.05) is 42.9 Å². The van der Waals surface area contributed by atoms with Gasteiger partial charge in [0.2, 0.25) is 0 Å². The van der Waals surface area contributed by atoms with Crippen molar-refractivity contribution in [3.8, 4) is 22.6 Å². The van der Waals surface area contributed by atoms with Crippen LogP contribution in [0.1, 0.15) is 29.4 Å². The highest BCUT2D eigenvalue weighted by Gasteiger charge is 2.24. The average Bonchev–Trinajstić information content (AvgIpc) is 2.95. The van der Waals surface area contributed by atoms with Crippen LogP contribution in [-0.2, 0) is 13.1 Å². The lowest BCUT2D eigenvalue weighted by molar-refractivity contribution is 0.0940. The third-order valence-electron chi connectivity index (χ3n) is 6.33. The number of aromatic nitrogens is 2. The first kappa shape index (κ1) is 25.9. The van der Waals surface area contributed by atoms with Crippen molar-refractivity contribution >= 4 is 16.8 Å². The van der Waals surface area contributed by atoms with E-state index >= 15 is 0 Å². The summed E-state index contributed by atoms with van der Waals surface area (Å²) >= 11 is 0. The van der Waals surface area contributed by atoms with Gasteiger partial charge in [0.05, 0.1) is 14.2 Å². The molecule has 0 bridgehead atoms. The molecule has 0 saturated heterocycles. The Bertz CT molecular complexity index is 1430. The van der Waals surface area contributed by atoms with Crippen molar-refractivity contribution in [3.05, 3.63) is 88.5 Å². The number of rotatable bonds is 10. The van der Waals surface area contributed by atoms with Crippen LogP contribution in [0.5, 0.6) is 11.5 Å². The van der Waals surface area contributed by atoms with Crippen molar-refractivity contribution < 1.29 is 19.4 Å². The van der Waals surface area contributed by atoms with E-state index in [-0.39, 0.29) is 42.8 Å². The van der Waals surface area contributed by atoms with Crippen molar-refractivity contribution in [1.29, 1.82) is 0 Å². The summed E-state index contributed by atoms with van der Waals surface area (Å²) in [4.78, 5) is 31.8. The number of carbonyl (C=O) groups is 1. The number of nitrogens with one attached hydrogen (secondary N) is 1. The van der Waals surface area contributed by atoms with Crippen LogP contribution >= 0.6 is 0 Å². The molecule has 2 aromatic carbocycles. The van der Waals surface area contributed by atoms with Crippen LogP contribution in [-0.4, -0.2) is 41.4 Å². The maximum absolute atomic E-state index is 13.8. The second kappa shape index (κ2) is 11.7. The van der Waals surface area contributed by atoms with Gasteiger partial charge in [-0.15, -0.1) is 0 Å². The zero-order valence-electron chi connectivity index (χ0n) is 21.2. The van der Waals surface area contributed by atoms with Crippen LogP contribution in [0.3, 0.4) is 0 Å². The molecule has 0 aliphatic heterocycles. The Kier molecular flexibility index (Phi) is 8.20. The molecule has 0 fully saturated rings. The number of aliphatic hydroxyl groups excluding tert-OH is 1. The lowest BCUT2D eigenvalue weighted by Crippen LogP contribution is -2.34. The van der Waals surface area contributed by atoms with Gasteiger partial charge in [-0.2, -0.15) is 0 Å². The Balaban J connectivity index is 1.85. The molecule has 8 nitrogen and oxygen atoms in total. The van der Waals surface area contributed by atoms with E-state index in [0.29, 0.717) is 34.4 Å². The van der Waals surface area contributed by atoms with E-state index in [1.54, 1.807) is 32.5 Å². The molecule has 0 spiro atoms. The molecule has 1 amide bonds. The van der Waals surface area contributed by atoms with Gasteiger partial charge in [0.25, 0.3) is 11.5 Å². The van der Waals surface area contributed by atoms with Crippen molar-refractivity contribution in [1.82, 2.24) is 14.9 Å². The number of pyridine rings is 2. The number of amides is 1. The summed E-state index contributed by atoms with van der Waals surface area (Å²) in [7, 11) is 3.14. The van der Waals surface area contributed by atoms with E-state index in [4.69, 9.17) is 9.47 Å². The Hall–Kier alpha value is -4.17. The van der Waals surface area contributed by atoms with E-state index in [9.17, 15) is 14.7 Å². The second-order valence-electron chi connectivity index (χ2n) is 8.93. The van der Waals surface area contributed by atoms with Crippen molar-refractivity contribution in [2.75, 3.05) is 20.8 Å². The number of ether oxygens (including phenoxy) is 2. The van der Waals surface area contributed by atoms with Gasteiger partial charge >= 0.3 is 0 Å². The Morgan fingerprint density at radius 1 is 1.05 bits per heavy atom. The van der Waals surface area contributed by atoms with E-state index in [2.05, 4.69) is 10.3 Å². The van der Waals surface area contributed by atoms with Gasteiger partial charge in [-0.1, -0.05) is 43.3 Å². The number of methoxy groups -OCH3 is 2. The number of nitrogens with zero attached hydrogens (tertiary/aromatic N) is 2. The molecular weight excluding hydrogens is 470 g/mol. The normalized spacial score (nSPS) is 11.8. The molecular formula is C29H31N3O5. The average molecular weight is 502 g/mol. The summed E-state index contributed by atoms with van der Waals surface area (Å²) in [5, 5.41) is 13.2. The van der Waals surface area contributed by atoms with Crippen LogP contribution in [0.2, 0.25) is 0 Å². The second-order valence-corrected chi connectivity index (χ2v) is 8.93. The van der Waals surface area contributed by atoms with Crippen molar-refractivity contribution in [3.63, 3.8) is 0 Å². The number of hydrogen-bond acceptors (Lipinski definition) is 6. The molecule has 1 atom stereocenters. The smallest absolute Gasteiger partial charge is 0.277 e. The zero-order valence-corrected chi connectivity index (χ0v) is 21.2. The van der Waals surface area contributed by atoms with Gasteiger partial charge in [-0.25, -0.2) is 0 Å². The maximum atomic E-state index is 13.8. The van der Waals surface area contributed by atoms with Crippen LogP contribution in [0.4, 0.5) is 0 Å². The van der Waals surface area contributed by atoms with Gasteiger partial charge in [-0.05, 0) is 41.7 Å². The summed E-state index contributed by atoms with van der Waals surface area (Å²) in [6, 6.07) is 18.5. The lowest BCUT2D eigenvalue weighted by atomic mass is 9.97. The Labute approximate surface area is 215 Å². The van der Waals surface area contributed by atoms with Crippen LogP contribution in [0, 0.1) is 5.92 Å². The number of aliphatic hydroxyl groups is 1. The molecule has 2 heterocycles. The minimum atomic E-state index is -0.389. The monoisotopic (exact) mass is 501 g/mol. The summed E-state index contributed by atoms with van der Waals surface area (Å²) in [5.74, 6) is 0.798. The van der Waals surface area contributed by atoms with Crippen molar-refractivity contribution in [2.24, 2.45) is 5.92 Å². The quantitative estimate of drug-likeness (QED) is 0.340. The molecule has 8 heteroatoms. The first-order valence-electron chi connectivity index (χ1n) is 12.1. The fourth-order valence-electron chi connectivity index (χ4n) is 4.29. The van der Waals surface area contributed by atoms with Gasteiger partial charge in [0.1, 0.15) is 22.7 Å². The first-order valence-corrected chi connectivity index (χ1v) is 12.1. The largest absolute Gasteiger partial charge is 0.497 e. The molecule has 192 valence electrons. The third-order valence-corrected chi connectivity index (χ3v) is 6.33. The summed E-state index contributed by atoms with van der Waals surface area (Å²) in [6.45, 7) is 2.36. The van der Waals surface area contributed by atoms with E-state index in [1.165, 1.54) is 4.57 Å². The third kappa shape index (κ3) is 5.65. The summed E-state index contributed by atoms with van der Waals surface area (Å²) < 4.78 is 12.2. The highest BCUT2D eigenvalue weighted by molar-refractivity contribution is 6.07. The van der Waals surface area contributed by atoms with Crippen LogP contribution in [0.25, 0.3) is 22.0 Å². The molecule has 4 rings (SSSR count). The molecule has 0 aliphatic rings. The highest BCUT2D eigenvalue weighted by Crippen LogP contribution is 2.30. The predicted octanol–water partition coefficient (Wildman–Crippen LogP) is 4.03. The molecule has 1 unspecified atom stereocenters. The highest BCUT2D eigenvalue weighted by atomic mass is 16.5. The van der Waals surface area contributed by atoms with Gasteiger partial charge in [0.15, 0.2) is 0 Å². The molecule has 0 saturated carbocycles. The zero-order chi connectivity index (χ0) is 26.4. The Morgan fingerprint density at radius 2 is 1.76 bits per heavy atom. The fraction of sp³-hybridized carbons (Fsp3) is 0.276. The molecule has 2 N–H and O–H groups in total. The minimum Gasteiger partial charge on any atom is -0.497 e. The Morgan fingerprint density at radius 3 is 2.41 bits per heavy atom. The van der Waals surface area contributed by atoms with Crippen LogP contribution in [0.15, 0.2) is 71.7 Å². The number of hydrogen-bond donors (Lipinski definition) is 2. The standard InChI is InChI=1S/C29H31N3O5/c1-19(18-33)11-13-32-27(28(34)31-17-20-14-22(36-2)16-23(15-20)37-3)25(21-8-5-4-6-9-21)24-10-7-12-30-26(24)29(32)35/h4-10,12,14-16,19,33H,11,13,17-18H2,1-3H3,(H,31,34). The minimum absolute atomic E-state index is 0.00860. The fourth-order valence-corrected chi connectivity index (χ4v) is 4.29. The topological polar surface area (TPSA) is 103 Å². The van der Waals surface area contributed by atoms with E-state index < -0.39 is 0 Å². The molecule has 4 aromatic rings. The summed E-state index contributed by atoms with van der Waals surface area (Å²) in [5.41, 5.74) is 2.45. The van der Waals surface area contributed by atoms with E-state index in [1.807, 2.05) is 55.5 Å². The lowest BCUT2D eigenvalue weighted by Gasteiger charge is -2.20. The maximum Gasteiger partial charge on any atom is 0.277 e. The molecule has 0 aliphatic carbocycles. The number of carbonyl (C=O) groups excluding carboxylic acids is 1. The molecule has 37 heavy (non-hydrogen) atoms. The summed E-state index contributed by atoms with van der Waals surface area (Å²) in [6.07, 6.45) is 2.10. The van der Waals surface area contributed by atoms with Crippen LogP contribution < -0.4 is 20.3 Å². The first-order chi connectivity index (χ1) is 18.0. The molecule has 0 radical (unpaired) electrons. The number of benzene rings is 2. The molecule has 2 aromatic heterocycles. The van der Waals surface area contributed by atoms with Gasteiger partial charge in [-0.3, -0.25) is 14.6 Å².